The molecule has 1 amide bonds. The van der Waals surface area contributed by atoms with E-state index in [1.165, 1.54) is 0 Å². The van der Waals surface area contributed by atoms with Gasteiger partial charge in [0, 0.05) is 31.1 Å². The zero-order valence-corrected chi connectivity index (χ0v) is 15.3. The molecule has 1 fully saturated rings. The van der Waals surface area contributed by atoms with Crippen LogP contribution in [0.4, 0.5) is 0 Å². The smallest absolute Gasteiger partial charge is 0.224 e. The van der Waals surface area contributed by atoms with Crippen molar-refractivity contribution in [3.63, 3.8) is 0 Å². The van der Waals surface area contributed by atoms with Crippen LogP contribution in [0.1, 0.15) is 55.3 Å². The van der Waals surface area contributed by atoms with E-state index in [9.17, 15) is 4.79 Å². The van der Waals surface area contributed by atoms with Gasteiger partial charge in [0.1, 0.15) is 6.10 Å². The molecule has 1 aliphatic heterocycles. The molecule has 25 heavy (non-hydrogen) atoms. The van der Waals surface area contributed by atoms with E-state index in [1.54, 1.807) is 0 Å². The van der Waals surface area contributed by atoms with Gasteiger partial charge in [0.25, 0.3) is 0 Å². The van der Waals surface area contributed by atoms with Crippen LogP contribution in [-0.2, 0) is 16.1 Å². The van der Waals surface area contributed by atoms with Crippen molar-refractivity contribution in [1.82, 2.24) is 29.9 Å². The lowest BCUT2D eigenvalue weighted by atomic mass is 10.2. The second-order valence-corrected chi connectivity index (χ2v) is 6.83. The molecule has 0 aromatic carbocycles. The van der Waals surface area contributed by atoms with Gasteiger partial charge in [-0.1, -0.05) is 13.8 Å². The molecular formula is C17H26N6O2. The second kappa shape index (κ2) is 7.35. The highest BCUT2D eigenvalue weighted by Crippen LogP contribution is 2.21. The van der Waals surface area contributed by atoms with E-state index in [1.807, 2.05) is 43.3 Å². The summed E-state index contributed by atoms with van der Waals surface area (Å²) in [6.07, 6.45) is 0.189. The quantitative estimate of drug-likeness (QED) is 0.891. The van der Waals surface area contributed by atoms with Crippen LogP contribution in [0.25, 0.3) is 0 Å². The summed E-state index contributed by atoms with van der Waals surface area (Å²) in [6, 6.07) is 2.02. The topological polar surface area (TPSA) is 88.9 Å². The number of H-pyrrole nitrogens is 1. The molecule has 1 atom stereocenters. The number of morpholine rings is 1. The first-order chi connectivity index (χ1) is 11.9. The molecule has 8 heteroatoms. The van der Waals surface area contributed by atoms with Crippen LogP contribution >= 0.6 is 0 Å². The van der Waals surface area contributed by atoms with Gasteiger partial charge < -0.3 is 9.64 Å². The Hall–Kier alpha value is -2.22. The van der Waals surface area contributed by atoms with E-state index in [0.717, 1.165) is 17.2 Å². The van der Waals surface area contributed by atoms with Gasteiger partial charge in [0.05, 0.1) is 18.8 Å². The summed E-state index contributed by atoms with van der Waals surface area (Å²) < 4.78 is 7.66. The zero-order valence-electron chi connectivity index (χ0n) is 15.3. The second-order valence-electron chi connectivity index (χ2n) is 6.83. The molecule has 0 spiro atoms. The molecule has 1 N–H and O–H groups in total. The molecule has 0 aliphatic carbocycles. The molecule has 1 saturated heterocycles. The Bertz CT molecular complexity index is 735. The van der Waals surface area contributed by atoms with Crippen molar-refractivity contribution < 1.29 is 9.53 Å². The largest absolute Gasteiger partial charge is 0.367 e. The number of carbonyl (C=O) groups excluding carboxylic acids is 1. The number of nitrogens with zero attached hydrogens (tertiary/aromatic N) is 5. The predicted octanol–water partition coefficient (Wildman–Crippen LogP) is 1.73. The summed E-state index contributed by atoms with van der Waals surface area (Å²) in [4.78, 5) is 18.9. The summed E-state index contributed by atoms with van der Waals surface area (Å²) in [5.41, 5.74) is 2.05. The van der Waals surface area contributed by atoms with Gasteiger partial charge in [-0.15, -0.1) is 0 Å². The summed E-state index contributed by atoms with van der Waals surface area (Å²) >= 11 is 0. The van der Waals surface area contributed by atoms with E-state index in [2.05, 4.69) is 20.3 Å². The molecule has 0 radical (unpaired) electrons. The number of nitrogens with one attached hydrogen (secondary N) is 1. The molecular weight excluding hydrogens is 320 g/mol. The van der Waals surface area contributed by atoms with E-state index in [0.29, 0.717) is 38.5 Å². The van der Waals surface area contributed by atoms with E-state index >= 15 is 0 Å². The van der Waals surface area contributed by atoms with Gasteiger partial charge >= 0.3 is 0 Å². The Kier molecular flexibility index (Phi) is 5.17. The fraction of sp³-hybridized carbons (Fsp3) is 0.647. The van der Waals surface area contributed by atoms with Crippen LogP contribution in [0.2, 0.25) is 0 Å². The van der Waals surface area contributed by atoms with Crippen LogP contribution in [0.3, 0.4) is 0 Å². The van der Waals surface area contributed by atoms with Gasteiger partial charge in [0.2, 0.25) is 5.91 Å². The normalized spacial score (nSPS) is 18.1. The SMILES string of the molecule is Cc1cc(C)n(CCC(=O)N2CCOC(c3nc(C(C)C)n[nH]3)C2)n1. The van der Waals surface area contributed by atoms with Gasteiger partial charge in [0.15, 0.2) is 11.6 Å². The average Bonchev–Trinajstić information content (AvgIpc) is 3.19. The molecule has 2 aromatic heterocycles. The van der Waals surface area contributed by atoms with Crippen LogP contribution in [0.15, 0.2) is 6.07 Å². The minimum Gasteiger partial charge on any atom is -0.367 e. The molecule has 3 rings (SSSR count). The number of hydrogen-bond donors (Lipinski definition) is 1. The Morgan fingerprint density at radius 1 is 1.44 bits per heavy atom. The number of rotatable bonds is 5. The van der Waals surface area contributed by atoms with Crippen LogP contribution in [0, 0.1) is 13.8 Å². The number of ether oxygens (including phenoxy) is 1. The monoisotopic (exact) mass is 346 g/mol. The molecule has 1 unspecified atom stereocenters. The number of hydrogen-bond acceptors (Lipinski definition) is 5. The molecule has 136 valence electrons. The molecule has 1 aliphatic rings. The predicted molar refractivity (Wildman–Crippen MR) is 92.1 cm³/mol. The third-order valence-corrected chi connectivity index (χ3v) is 4.40. The number of amides is 1. The summed E-state index contributed by atoms with van der Waals surface area (Å²) in [6.45, 7) is 10.3. The zero-order chi connectivity index (χ0) is 18.0. The first-order valence-electron chi connectivity index (χ1n) is 8.76. The van der Waals surface area contributed by atoms with Gasteiger partial charge in [-0.3, -0.25) is 14.6 Å². The lowest BCUT2D eigenvalue weighted by Crippen LogP contribution is -2.42. The Morgan fingerprint density at radius 3 is 2.88 bits per heavy atom. The van der Waals surface area contributed by atoms with Crippen molar-refractivity contribution in [3.05, 3.63) is 29.1 Å². The lowest BCUT2D eigenvalue weighted by Gasteiger charge is -2.32. The highest BCUT2D eigenvalue weighted by atomic mass is 16.5. The molecule has 0 saturated carbocycles. The van der Waals surface area contributed by atoms with Gasteiger partial charge in [-0.25, -0.2) is 4.98 Å². The number of aryl methyl sites for hydroxylation is 3. The summed E-state index contributed by atoms with van der Waals surface area (Å²) in [7, 11) is 0. The summed E-state index contributed by atoms with van der Waals surface area (Å²) in [5.74, 6) is 1.84. The van der Waals surface area contributed by atoms with Crippen molar-refractivity contribution in [2.24, 2.45) is 0 Å². The minimum atomic E-state index is -0.244. The maximum Gasteiger partial charge on any atom is 0.224 e. The van der Waals surface area contributed by atoms with Crippen LogP contribution in [0.5, 0.6) is 0 Å². The third-order valence-electron chi connectivity index (χ3n) is 4.40. The summed E-state index contributed by atoms with van der Waals surface area (Å²) in [5, 5.41) is 11.6. The first-order valence-corrected chi connectivity index (χ1v) is 8.76. The lowest BCUT2D eigenvalue weighted by molar-refractivity contribution is -0.139. The Morgan fingerprint density at radius 2 is 2.24 bits per heavy atom. The van der Waals surface area contributed by atoms with Gasteiger partial charge in [-0.05, 0) is 19.9 Å². The molecule has 3 heterocycles. The number of carbonyl (C=O) groups is 1. The van der Waals surface area contributed by atoms with Crippen molar-refractivity contribution >= 4 is 5.91 Å². The van der Waals surface area contributed by atoms with Crippen molar-refractivity contribution in [1.29, 1.82) is 0 Å². The number of aromatic amines is 1. The highest BCUT2D eigenvalue weighted by Gasteiger charge is 2.27. The maximum absolute atomic E-state index is 12.6. The highest BCUT2D eigenvalue weighted by molar-refractivity contribution is 5.76. The molecule has 8 nitrogen and oxygen atoms in total. The van der Waals surface area contributed by atoms with Crippen LogP contribution < -0.4 is 0 Å². The van der Waals surface area contributed by atoms with Gasteiger partial charge in [-0.2, -0.15) is 10.2 Å². The van der Waals surface area contributed by atoms with E-state index in [4.69, 9.17) is 4.74 Å². The van der Waals surface area contributed by atoms with E-state index in [-0.39, 0.29) is 17.9 Å². The maximum atomic E-state index is 12.6. The average molecular weight is 346 g/mol. The standard InChI is InChI=1S/C17H26N6O2/c1-11(2)16-18-17(20-19-16)14-10-22(7-8-25-14)15(24)5-6-23-13(4)9-12(3)21-23/h9,11,14H,5-8,10H2,1-4H3,(H,18,19,20). The molecule has 2 aromatic rings. The Balaban J connectivity index is 1.58. The third kappa shape index (κ3) is 4.07. The molecule has 0 bridgehead atoms. The van der Waals surface area contributed by atoms with Crippen molar-refractivity contribution in [3.8, 4) is 0 Å². The Labute approximate surface area is 147 Å². The number of aromatic nitrogens is 5. The fourth-order valence-corrected chi connectivity index (χ4v) is 2.99. The van der Waals surface area contributed by atoms with Crippen LogP contribution in [-0.4, -0.2) is 55.5 Å². The fourth-order valence-electron chi connectivity index (χ4n) is 2.99. The van der Waals surface area contributed by atoms with Crippen molar-refractivity contribution in [2.75, 3.05) is 19.7 Å². The minimum absolute atomic E-state index is 0.115. The van der Waals surface area contributed by atoms with Crippen molar-refractivity contribution in [2.45, 2.75) is 52.7 Å². The first kappa shape index (κ1) is 17.6. The van der Waals surface area contributed by atoms with E-state index < -0.39 is 0 Å².